The second kappa shape index (κ2) is 10.8. The Bertz CT molecular complexity index is 1160. The molecule has 0 unspecified atom stereocenters. The van der Waals surface area contributed by atoms with Crippen molar-refractivity contribution in [1.29, 1.82) is 5.26 Å². The van der Waals surface area contributed by atoms with Crippen molar-refractivity contribution in [3.8, 4) is 6.07 Å². The third kappa shape index (κ3) is 5.36. The highest BCUT2D eigenvalue weighted by Crippen LogP contribution is 2.38. The van der Waals surface area contributed by atoms with Crippen molar-refractivity contribution in [3.63, 3.8) is 0 Å². The van der Waals surface area contributed by atoms with Crippen molar-refractivity contribution < 1.29 is 8.42 Å². The van der Waals surface area contributed by atoms with E-state index >= 15 is 0 Å². The lowest BCUT2D eigenvalue weighted by atomic mass is 10.0. The predicted octanol–water partition coefficient (Wildman–Crippen LogP) is 5.64. The average Bonchev–Trinajstić information content (AvgIpc) is 3.39. The van der Waals surface area contributed by atoms with Crippen LogP contribution in [0.1, 0.15) is 69.1 Å². The minimum absolute atomic E-state index is 0.253. The summed E-state index contributed by atoms with van der Waals surface area (Å²) in [5.74, 6) is 0.394. The number of benzene rings is 2. The van der Waals surface area contributed by atoms with Crippen molar-refractivity contribution in [2.45, 2.75) is 79.5 Å². The molecule has 1 aliphatic carbocycles. The molecule has 0 radical (unpaired) electrons. The topological polar surface area (TPSA) is 64.4 Å². The van der Waals surface area contributed by atoms with Crippen molar-refractivity contribution in [3.05, 3.63) is 53.1 Å². The van der Waals surface area contributed by atoms with E-state index in [1.165, 1.54) is 48.6 Å². The molecule has 1 aliphatic heterocycles. The van der Waals surface area contributed by atoms with Crippen LogP contribution < -0.4 is 0 Å². The molecule has 0 atom stereocenters. The second-order valence-corrected chi connectivity index (χ2v) is 12.6. The number of piperazine rings is 1. The van der Waals surface area contributed by atoms with E-state index < -0.39 is 10.0 Å². The van der Waals surface area contributed by atoms with Gasteiger partial charge in [0.2, 0.25) is 10.0 Å². The summed E-state index contributed by atoms with van der Waals surface area (Å²) in [6.07, 6.45) is 5.90. The van der Waals surface area contributed by atoms with Gasteiger partial charge in [-0.15, -0.1) is 0 Å². The summed E-state index contributed by atoms with van der Waals surface area (Å²) in [6, 6.07) is 14.3. The van der Waals surface area contributed by atoms with Crippen LogP contribution >= 0.6 is 11.8 Å². The molecule has 1 saturated carbocycles. The van der Waals surface area contributed by atoms with E-state index in [4.69, 9.17) is 0 Å². The van der Waals surface area contributed by atoms with Crippen LogP contribution in [0.5, 0.6) is 0 Å². The molecule has 0 bridgehead atoms. The predicted molar refractivity (Wildman–Crippen MR) is 138 cm³/mol. The normalized spacial score (nSPS) is 18.4. The molecule has 2 aromatic carbocycles. The van der Waals surface area contributed by atoms with Gasteiger partial charge in [0.15, 0.2) is 0 Å². The first kappa shape index (κ1) is 25.2. The van der Waals surface area contributed by atoms with Gasteiger partial charge in [-0.1, -0.05) is 57.5 Å². The summed E-state index contributed by atoms with van der Waals surface area (Å²) in [7, 11) is -3.70. The maximum Gasteiger partial charge on any atom is 0.244 e. The van der Waals surface area contributed by atoms with Crippen LogP contribution in [0.15, 0.2) is 51.1 Å². The molecule has 0 N–H and O–H groups in total. The van der Waals surface area contributed by atoms with Gasteiger partial charge in [-0.05, 0) is 60.6 Å². The van der Waals surface area contributed by atoms with Crippen molar-refractivity contribution >= 4 is 21.8 Å². The Morgan fingerprint density at radius 3 is 2.35 bits per heavy atom. The van der Waals surface area contributed by atoms with E-state index in [1.54, 1.807) is 22.5 Å². The van der Waals surface area contributed by atoms with Gasteiger partial charge in [0.05, 0.1) is 16.5 Å². The van der Waals surface area contributed by atoms with Crippen LogP contribution in [0.4, 0.5) is 0 Å². The summed E-state index contributed by atoms with van der Waals surface area (Å²) >= 11 is 1.50. The standard InChI is InChI=1S/C27H35N3O2S2/c1-4-22-10-11-23(20(2)3)18-26(22)33-25-12-9-21(19-28)17-27(25)34(31,32)30-15-13-29(14-16-30)24-7-5-6-8-24/h9-12,17-18,20,24H,4-8,13-16H2,1-3H3. The lowest BCUT2D eigenvalue weighted by Gasteiger charge is -2.37. The number of aryl methyl sites for hydroxylation is 1. The molecule has 2 fully saturated rings. The largest absolute Gasteiger partial charge is 0.298 e. The minimum Gasteiger partial charge on any atom is -0.298 e. The Labute approximate surface area is 209 Å². The van der Waals surface area contributed by atoms with Crippen molar-refractivity contribution in [2.24, 2.45) is 0 Å². The van der Waals surface area contributed by atoms with Crippen LogP contribution in [0, 0.1) is 11.3 Å². The number of nitrogens with zero attached hydrogens (tertiary/aromatic N) is 3. The number of hydrogen-bond acceptors (Lipinski definition) is 5. The second-order valence-electron chi connectivity index (χ2n) is 9.63. The molecule has 0 amide bonds. The monoisotopic (exact) mass is 497 g/mol. The van der Waals surface area contributed by atoms with Crippen molar-refractivity contribution in [1.82, 2.24) is 9.21 Å². The fourth-order valence-corrected chi connectivity index (χ4v) is 8.05. The lowest BCUT2D eigenvalue weighted by molar-refractivity contribution is 0.139. The van der Waals surface area contributed by atoms with Gasteiger partial charge in [0.25, 0.3) is 0 Å². The SMILES string of the molecule is CCc1ccc(C(C)C)cc1Sc1ccc(C#N)cc1S(=O)(=O)N1CCN(C2CCCC2)CC1. The van der Waals surface area contributed by atoms with Crippen molar-refractivity contribution in [2.75, 3.05) is 26.2 Å². The Morgan fingerprint density at radius 2 is 1.74 bits per heavy atom. The molecule has 5 nitrogen and oxygen atoms in total. The number of hydrogen-bond donors (Lipinski definition) is 0. The zero-order chi connectivity index (χ0) is 24.3. The molecule has 2 aromatic rings. The highest BCUT2D eigenvalue weighted by molar-refractivity contribution is 8.00. The minimum atomic E-state index is -3.70. The van der Waals surface area contributed by atoms with Gasteiger partial charge in [0, 0.05) is 42.0 Å². The van der Waals surface area contributed by atoms with Crippen LogP contribution in [-0.2, 0) is 16.4 Å². The van der Waals surface area contributed by atoms with Gasteiger partial charge < -0.3 is 0 Å². The Morgan fingerprint density at radius 1 is 1.03 bits per heavy atom. The quantitative estimate of drug-likeness (QED) is 0.495. The fraction of sp³-hybridized carbons (Fsp3) is 0.519. The molecule has 7 heteroatoms. The fourth-order valence-electron chi connectivity index (χ4n) is 5.02. The zero-order valence-electron chi connectivity index (χ0n) is 20.5. The van der Waals surface area contributed by atoms with Gasteiger partial charge >= 0.3 is 0 Å². The van der Waals surface area contributed by atoms with E-state index in [9.17, 15) is 13.7 Å². The van der Waals surface area contributed by atoms with Gasteiger partial charge in [-0.25, -0.2) is 8.42 Å². The molecule has 0 spiro atoms. The van der Waals surface area contributed by atoms with Gasteiger partial charge in [0.1, 0.15) is 0 Å². The van der Waals surface area contributed by atoms with E-state index in [1.807, 2.05) is 0 Å². The lowest BCUT2D eigenvalue weighted by Crippen LogP contribution is -2.51. The maximum atomic E-state index is 13.8. The van der Waals surface area contributed by atoms with Crippen LogP contribution in [0.2, 0.25) is 0 Å². The highest BCUT2D eigenvalue weighted by atomic mass is 32.2. The summed E-state index contributed by atoms with van der Waals surface area (Å²) in [5.41, 5.74) is 2.81. The molecule has 34 heavy (non-hydrogen) atoms. The zero-order valence-corrected chi connectivity index (χ0v) is 22.1. The Kier molecular flexibility index (Phi) is 8.04. The van der Waals surface area contributed by atoms with E-state index in [0.717, 1.165) is 24.4 Å². The number of sulfonamides is 1. The van der Waals surface area contributed by atoms with Gasteiger partial charge in [-0.2, -0.15) is 9.57 Å². The molecule has 1 heterocycles. The first-order valence-corrected chi connectivity index (χ1v) is 14.7. The van der Waals surface area contributed by atoms with E-state index in [2.05, 4.69) is 49.9 Å². The molecule has 0 aromatic heterocycles. The Hall–Kier alpha value is -1.85. The highest BCUT2D eigenvalue weighted by Gasteiger charge is 2.33. The van der Waals surface area contributed by atoms with E-state index in [-0.39, 0.29) is 4.90 Å². The molecule has 2 aliphatic rings. The summed E-state index contributed by atoms with van der Waals surface area (Å²) < 4.78 is 29.2. The van der Waals surface area contributed by atoms with Crippen LogP contribution in [0.25, 0.3) is 0 Å². The van der Waals surface area contributed by atoms with Gasteiger partial charge in [-0.3, -0.25) is 4.90 Å². The number of nitriles is 1. The molecule has 1 saturated heterocycles. The maximum absolute atomic E-state index is 13.8. The number of rotatable bonds is 7. The summed E-state index contributed by atoms with van der Waals surface area (Å²) in [5, 5.41) is 9.48. The summed E-state index contributed by atoms with van der Waals surface area (Å²) in [4.78, 5) is 4.49. The third-order valence-corrected chi connectivity index (χ3v) is 10.4. The third-order valence-electron chi connectivity index (χ3n) is 7.16. The molecule has 4 rings (SSSR count). The smallest absolute Gasteiger partial charge is 0.244 e. The molecule has 182 valence electrons. The molecular formula is C27H35N3O2S2. The Balaban J connectivity index is 1.63. The van der Waals surface area contributed by atoms with Crippen LogP contribution in [0.3, 0.4) is 0 Å². The summed E-state index contributed by atoms with van der Waals surface area (Å²) in [6.45, 7) is 9.01. The first-order chi connectivity index (χ1) is 16.3. The van der Waals surface area contributed by atoms with Crippen LogP contribution in [-0.4, -0.2) is 49.8 Å². The average molecular weight is 498 g/mol. The molecular weight excluding hydrogens is 462 g/mol. The van der Waals surface area contributed by atoms with E-state index in [0.29, 0.717) is 35.5 Å². The first-order valence-electron chi connectivity index (χ1n) is 12.4.